The summed E-state index contributed by atoms with van der Waals surface area (Å²) in [5.74, 6) is 0.443. The van der Waals surface area contributed by atoms with Crippen LogP contribution in [0.4, 0.5) is 0 Å². The van der Waals surface area contributed by atoms with Gasteiger partial charge >= 0.3 is 0 Å². The van der Waals surface area contributed by atoms with Crippen molar-refractivity contribution in [3.8, 4) is 5.75 Å². The minimum absolute atomic E-state index is 0.0475. The van der Waals surface area contributed by atoms with Crippen molar-refractivity contribution in [1.82, 2.24) is 10.2 Å². The van der Waals surface area contributed by atoms with Gasteiger partial charge in [-0.1, -0.05) is 12.1 Å². The molecule has 2 rings (SSSR count). The fraction of sp³-hybridized carbons (Fsp3) is 0.412. The summed E-state index contributed by atoms with van der Waals surface area (Å²) in [6.07, 6.45) is 5.25. The second-order valence-corrected chi connectivity index (χ2v) is 5.52. The number of ether oxygens (including phenoxy) is 1. The smallest absolute Gasteiger partial charge is 0.244 e. The quantitative estimate of drug-likeness (QED) is 0.816. The molecule has 5 heteroatoms. The third-order valence-corrected chi connectivity index (χ3v) is 3.71. The van der Waals surface area contributed by atoms with Crippen LogP contribution >= 0.6 is 0 Å². The Morgan fingerprint density at radius 1 is 1.32 bits per heavy atom. The van der Waals surface area contributed by atoms with Crippen molar-refractivity contribution in [1.29, 1.82) is 0 Å². The number of methoxy groups -OCH3 is 1. The van der Waals surface area contributed by atoms with Crippen LogP contribution in [0, 0.1) is 0 Å². The van der Waals surface area contributed by atoms with Gasteiger partial charge in [0.15, 0.2) is 0 Å². The van der Waals surface area contributed by atoms with E-state index in [1.807, 2.05) is 24.3 Å². The monoisotopic (exact) mass is 302 g/mol. The van der Waals surface area contributed by atoms with Crippen molar-refractivity contribution in [3.63, 3.8) is 0 Å². The highest BCUT2D eigenvalue weighted by Gasteiger charge is 2.31. The van der Waals surface area contributed by atoms with Gasteiger partial charge in [-0.05, 0) is 43.5 Å². The lowest BCUT2D eigenvalue weighted by Gasteiger charge is -2.21. The van der Waals surface area contributed by atoms with E-state index in [1.54, 1.807) is 32.1 Å². The van der Waals surface area contributed by atoms with E-state index in [2.05, 4.69) is 5.32 Å². The summed E-state index contributed by atoms with van der Waals surface area (Å²) in [6.45, 7) is 1.71. The van der Waals surface area contributed by atoms with Gasteiger partial charge in [0.25, 0.3) is 0 Å². The summed E-state index contributed by atoms with van der Waals surface area (Å²) in [7, 11) is 3.39. The summed E-state index contributed by atoms with van der Waals surface area (Å²) in [4.78, 5) is 25.7. The Hall–Kier alpha value is -2.30. The van der Waals surface area contributed by atoms with E-state index in [0.29, 0.717) is 6.04 Å². The van der Waals surface area contributed by atoms with E-state index in [0.717, 1.165) is 24.2 Å². The minimum atomic E-state index is -0.515. The molecule has 0 bridgehead atoms. The molecule has 0 spiro atoms. The molecular formula is C17H22N2O3. The predicted molar refractivity (Wildman–Crippen MR) is 85.4 cm³/mol. The number of rotatable bonds is 6. The summed E-state index contributed by atoms with van der Waals surface area (Å²) in [5, 5.41) is 2.69. The number of nitrogens with zero attached hydrogens (tertiary/aromatic N) is 1. The molecule has 0 heterocycles. The SMILES string of the molecule is COc1ccc(/C=C/C(=O)NC(C)C(=O)N(C)C2CC2)cc1. The van der Waals surface area contributed by atoms with Crippen LogP contribution in [0.1, 0.15) is 25.3 Å². The summed E-state index contributed by atoms with van der Waals surface area (Å²) < 4.78 is 5.07. The summed E-state index contributed by atoms with van der Waals surface area (Å²) >= 11 is 0. The number of amides is 2. The molecule has 1 N–H and O–H groups in total. The van der Waals surface area contributed by atoms with Crippen molar-refractivity contribution in [2.75, 3.05) is 14.2 Å². The fourth-order valence-electron chi connectivity index (χ4n) is 2.16. The van der Waals surface area contributed by atoms with Gasteiger partial charge in [-0.2, -0.15) is 0 Å². The molecule has 1 unspecified atom stereocenters. The van der Waals surface area contributed by atoms with Crippen molar-refractivity contribution >= 4 is 17.9 Å². The molecular weight excluding hydrogens is 280 g/mol. The molecule has 1 aliphatic carbocycles. The highest BCUT2D eigenvalue weighted by molar-refractivity contribution is 5.95. The fourth-order valence-corrected chi connectivity index (χ4v) is 2.16. The van der Waals surface area contributed by atoms with Crippen molar-refractivity contribution in [3.05, 3.63) is 35.9 Å². The number of hydrogen-bond donors (Lipinski definition) is 1. The first-order valence-electron chi connectivity index (χ1n) is 7.40. The van der Waals surface area contributed by atoms with Crippen molar-refractivity contribution in [2.45, 2.75) is 31.8 Å². The molecule has 1 saturated carbocycles. The standard InChI is InChI=1S/C17H22N2O3/c1-12(17(21)19(2)14-7-8-14)18-16(20)11-6-13-4-9-15(22-3)10-5-13/h4-6,9-12,14H,7-8H2,1-3H3,(H,18,20)/b11-6+. The van der Waals surface area contributed by atoms with Crippen molar-refractivity contribution in [2.24, 2.45) is 0 Å². The zero-order chi connectivity index (χ0) is 16.1. The number of carbonyl (C=O) groups is 2. The maximum atomic E-state index is 12.1. The predicted octanol–water partition coefficient (Wildman–Crippen LogP) is 1.83. The van der Waals surface area contributed by atoms with Gasteiger partial charge in [-0.3, -0.25) is 9.59 Å². The third-order valence-electron chi connectivity index (χ3n) is 3.71. The van der Waals surface area contributed by atoms with Crippen LogP contribution in [0.3, 0.4) is 0 Å². The van der Waals surface area contributed by atoms with E-state index in [4.69, 9.17) is 4.74 Å². The minimum Gasteiger partial charge on any atom is -0.497 e. The van der Waals surface area contributed by atoms with Crippen LogP contribution in [0.2, 0.25) is 0 Å². The first-order chi connectivity index (χ1) is 10.5. The Morgan fingerprint density at radius 2 is 1.95 bits per heavy atom. The van der Waals surface area contributed by atoms with Gasteiger partial charge in [0, 0.05) is 19.2 Å². The third kappa shape index (κ3) is 4.35. The molecule has 1 aromatic rings. The van der Waals surface area contributed by atoms with Gasteiger partial charge in [0.05, 0.1) is 7.11 Å². The highest BCUT2D eigenvalue weighted by Crippen LogP contribution is 2.25. The summed E-state index contributed by atoms with van der Waals surface area (Å²) in [6, 6.07) is 7.21. The topological polar surface area (TPSA) is 58.6 Å². The molecule has 1 aliphatic rings. The zero-order valence-corrected chi connectivity index (χ0v) is 13.2. The van der Waals surface area contributed by atoms with E-state index in [-0.39, 0.29) is 11.8 Å². The second-order valence-electron chi connectivity index (χ2n) is 5.52. The number of nitrogens with one attached hydrogen (secondary N) is 1. The van der Waals surface area contributed by atoms with Crippen LogP contribution in [0.15, 0.2) is 30.3 Å². The van der Waals surface area contributed by atoms with Gasteiger partial charge < -0.3 is 15.0 Å². The molecule has 5 nitrogen and oxygen atoms in total. The average molecular weight is 302 g/mol. The normalized spacial score (nSPS) is 15.4. The molecule has 118 valence electrons. The van der Waals surface area contributed by atoms with Gasteiger partial charge in [0.1, 0.15) is 11.8 Å². The first kappa shape index (κ1) is 16.1. The Kier molecular flexibility index (Phi) is 5.20. The lowest BCUT2D eigenvalue weighted by atomic mass is 10.2. The van der Waals surface area contributed by atoms with E-state index < -0.39 is 6.04 Å². The van der Waals surface area contributed by atoms with Gasteiger partial charge in [-0.25, -0.2) is 0 Å². The average Bonchev–Trinajstić information content (AvgIpc) is 3.36. The molecule has 0 aromatic heterocycles. The lowest BCUT2D eigenvalue weighted by molar-refractivity contribution is -0.134. The van der Waals surface area contributed by atoms with Crippen LogP contribution in [-0.2, 0) is 9.59 Å². The van der Waals surface area contributed by atoms with E-state index in [1.165, 1.54) is 6.08 Å². The van der Waals surface area contributed by atoms with E-state index >= 15 is 0 Å². The van der Waals surface area contributed by atoms with Crippen LogP contribution in [-0.4, -0.2) is 43.0 Å². The molecule has 1 atom stereocenters. The maximum Gasteiger partial charge on any atom is 0.244 e. The number of likely N-dealkylation sites (N-methyl/N-ethyl adjacent to an activating group) is 1. The number of hydrogen-bond acceptors (Lipinski definition) is 3. The van der Waals surface area contributed by atoms with Gasteiger partial charge in [-0.15, -0.1) is 0 Å². The second kappa shape index (κ2) is 7.11. The molecule has 2 amide bonds. The van der Waals surface area contributed by atoms with Gasteiger partial charge in [0.2, 0.25) is 11.8 Å². The Balaban J connectivity index is 1.85. The zero-order valence-electron chi connectivity index (χ0n) is 13.2. The molecule has 0 aliphatic heterocycles. The highest BCUT2D eigenvalue weighted by atomic mass is 16.5. The lowest BCUT2D eigenvalue weighted by Crippen LogP contribution is -2.45. The number of benzene rings is 1. The molecule has 1 fully saturated rings. The Labute approximate surface area is 130 Å². The first-order valence-corrected chi connectivity index (χ1v) is 7.40. The van der Waals surface area contributed by atoms with Crippen LogP contribution in [0.5, 0.6) is 5.75 Å². The Bertz CT molecular complexity index is 562. The van der Waals surface area contributed by atoms with Crippen LogP contribution in [0.25, 0.3) is 6.08 Å². The van der Waals surface area contributed by atoms with Crippen LogP contribution < -0.4 is 10.1 Å². The number of carbonyl (C=O) groups excluding carboxylic acids is 2. The molecule has 0 radical (unpaired) electrons. The van der Waals surface area contributed by atoms with E-state index in [9.17, 15) is 9.59 Å². The Morgan fingerprint density at radius 3 is 2.50 bits per heavy atom. The summed E-state index contributed by atoms with van der Waals surface area (Å²) in [5.41, 5.74) is 0.894. The van der Waals surface area contributed by atoms with Crippen molar-refractivity contribution < 1.29 is 14.3 Å². The largest absolute Gasteiger partial charge is 0.497 e. The maximum absolute atomic E-state index is 12.1. The molecule has 1 aromatic carbocycles. The molecule has 22 heavy (non-hydrogen) atoms. The molecule has 0 saturated heterocycles.